The maximum Gasteiger partial charge on any atom is 1.00 e. The minimum atomic E-state index is -2.52. The zero-order valence-corrected chi connectivity index (χ0v) is 62.4. The number of hydrogen-bond acceptors (Lipinski definition) is 6. The molecule has 0 saturated carbocycles. The molecule has 2 aliphatic rings. The first-order chi connectivity index (χ1) is 43.7. The van der Waals surface area contributed by atoms with Crippen LogP contribution in [0, 0.1) is 54.8 Å². The van der Waals surface area contributed by atoms with Crippen molar-refractivity contribution in [1.82, 2.24) is 0 Å². The van der Waals surface area contributed by atoms with Crippen LogP contribution in [-0.2, 0) is 27.8 Å². The molecule has 0 bridgehead atoms. The molecule has 2 heterocycles. The predicted molar refractivity (Wildman–Crippen MR) is 394 cm³/mol. The van der Waals surface area contributed by atoms with Crippen molar-refractivity contribution in [3.8, 4) is 47.9 Å². The summed E-state index contributed by atoms with van der Waals surface area (Å²) >= 11 is 3.43. The number of halogens is 1. The Labute approximate surface area is 580 Å². The van der Waals surface area contributed by atoms with E-state index in [-0.39, 0.29) is 53.7 Å². The van der Waals surface area contributed by atoms with Crippen molar-refractivity contribution in [1.29, 1.82) is 0 Å². The van der Waals surface area contributed by atoms with Gasteiger partial charge in [-0.15, -0.1) is 47.9 Å². The van der Waals surface area contributed by atoms with Crippen LogP contribution in [0.2, 0.25) is 10.1 Å². The van der Waals surface area contributed by atoms with Gasteiger partial charge in [0.1, 0.15) is 0 Å². The molecule has 3 unspecified atom stereocenters. The predicted octanol–water partition coefficient (Wildman–Crippen LogP) is 16.4. The molecule has 10 heteroatoms. The van der Waals surface area contributed by atoms with Crippen LogP contribution in [0.4, 0.5) is 0 Å². The first kappa shape index (κ1) is 83.5. The molecule has 0 aliphatic carbocycles. The van der Waals surface area contributed by atoms with Crippen LogP contribution in [0.25, 0.3) is 0 Å². The number of unbranched alkanes of at least 4 members (excludes halogenated alkanes) is 12. The van der Waals surface area contributed by atoms with Crippen LogP contribution in [0.5, 0.6) is 0 Å². The Morgan fingerprint density at radius 3 is 1.20 bits per heavy atom. The number of ether oxygens (including phenoxy) is 4. The summed E-state index contributed by atoms with van der Waals surface area (Å²) in [5.41, 5.74) is 0. The van der Waals surface area contributed by atoms with E-state index in [0.717, 1.165) is 134 Å². The fourth-order valence-electron chi connectivity index (χ4n) is 11.3. The molecule has 0 radical (unpaired) electrons. The van der Waals surface area contributed by atoms with Gasteiger partial charge in [0.25, 0.3) is 16.6 Å². The average Bonchev–Trinajstić information content (AvgIpc) is 0.765. The van der Waals surface area contributed by atoms with E-state index in [4.69, 9.17) is 34.2 Å². The smallest absolute Gasteiger partial charge is 0.405 e. The quantitative estimate of drug-likeness (QED) is 0.0160. The second kappa shape index (κ2) is 51.7. The molecule has 4 aromatic rings. The number of benzene rings is 4. The number of rotatable bonds is 32. The van der Waals surface area contributed by atoms with E-state index in [1.165, 1.54) is 97.8 Å². The largest absolute Gasteiger partial charge is 1.00 e. The van der Waals surface area contributed by atoms with Gasteiger partial charge in [-0.2, -0.15) is 6.42 Å². The fourth-order valence-corrected chi connectivity index (χ4v) is 21.2. The second-order valence-corrected chi connectivity index (χ2v) is 35.2. The third-order valence-electron chi connectivity index (χ3n) is 16.3. The average molecular weight is 1330 g/mol. The topological polar surface area (TPSA) is 55.4 Å². The number of terminal acetylenes is 1. The van der Waals surface area contributed by atoms with E-state index in [2.05, 4.69) is 248 Å². The minimum absolute atomic E-state index is 0. The number of alkyl halides is 1. The minimum Gasteiger partial charge on any atom is -0.405 e. The van der Waals surface area contributed by atoms with E-state index in [9.17, 15) is 0 Å². The molecular formula is C81H120BrLiO6Si2. The zero-order valence-electron chi connectivity index (χ0n) is 58.8. The summed E-state index contributed by atoms with van der Waals surface area (Å²) in [5, 5.41) is 6.49. The Morgan fingerprint density at radius 1 is 0.505 bits per heavy atom. The molecule has 91 heavy (non-hydrogen) atoms. The standard InChI is InChI=1S/C39H56O3Si.C23H30OSi.C15H25BrO2.C4H9.Li/c1-5-35(42-43(39(2,3)4,36-28-20-17-21-29-36)37-30-22-18-23-31-37)27-19-15-13-11-9-7-6-8-10-12-14-16-25-33-40-38-32-24-26-34-41-38;1-6-7-10-15-20(2)24-25(23(3,4)5,21-16-11-8-12-17-21)22-18-13-9-14-19-22;16-12-8-5-3-1-2-4-6-9-13-17-15-11-7-10-14-18-15;1-3-4-2;/h17-18,20-23,28-31,35,38H,5-11,16,19,24-27,32-34H2,1-4H3;1,8-9,11-14,16-20H,7,10,15H2,2-5H3;15H,1,3,5-14H2;1,3-4H2,2H3;/q;;;-1;+1/t;20-;;;/m.0.../s1. The Kier molecular flexibility index (Phi) is 47.4. The Balaban J connectivity index is 0.000000494. The molecule has 496 valence electrons. The summed E-state index contributed by atoms with van der Waals surface area (Å²) in [5.74, 6) is 22.7. The molecule has 0 aromatic heterocycles. The normalized spacial score (nSPS) is 15.4. The molecule has 4 atom stereocenters. The molecule has 4 aromatic carbocycles. The summed E-state index contributed by atoms with van der Waals surface area (Å²) in [6.07, 6.45) is 36.2. The van der Waals surface area contributed by atoms with E-state index < -0.39 is 16.6 Å². The first-order valence-corrected chi connectivity index (χ1v) is 39.9. The maximum absolute atomic E-state index is 7.32. The summed E-state index contributed by atoms with van der Waals surface area (Å²) < 4.78 is 36.8. The third-order valence-corrected chi connectivity index (χ3v) is 27.1. The molecule has 0 amide bonds. The van der Waals surface area contributed by atoms with Gasteiger partial charge in [-0.25, -0.2) is 0 Å². The third kappa shape index (κ3) is 33.6. The second-order valence-electron chi connectivity index (χ2n) is 25.9. The molecule has 2 aliphatic heterocycles. The van der Waals surface area contributed by atoms with Crippen molar-refractivity contribution < 1.29 is 46.7 Å². The summed E-state index contributed by atoms with van der Waals surface area (Å²) in [7, 11) is -4.94. The summed E-state index contributed by atoms with van der Waals surface area (Å²) in [6.45, 7) is 27.4. The molecule has 6 nitrogen and oxygen atoms in total. The fraction of sp³-hybridized carbons (Fsp3) is 0.593. The van der Waals surface area contributed by atoms with Gasteiger partial charge in [0.2, 0.25) is 0 Å². The van der Waals surface area contributed by atoms with E-state index in [0.29, 0.717) is 0 Å². The number of hydrogen-bond donors (Lipinski definition) is 0. The van der Waals surface area contributed by atoms with Gasteiger partial charge in [-0.1, -0.05) is 218 Å². The van der Waals surface area contributed by atoms with Crippen LogP contribution >= 0.6 is 15.9 Å². The van der Waals surface area contributed by atoms with Crippen molar-refractivity contribution >= 4 is 53.3 Å². The molecule has 2 fully saturated rings. The van der Waals surface area contributed by atoms with Gasteiger partial charge in [-0.05, 0) is 140 Å². The SMILES string of the molecule is BrCCCCCC#CCCCOC1CCCCO1.C#CCCC[C@H](C)O[Si](c1ccccc1)(c1ccccc1)C(C)(C)C.CCC(CCC#CCCCCCCC#CCCCOC1CCCCO1)O[Si](c1ccccc1)(c1ccccc1)C(C)(C)C.[CH2-]CCC.[Li+]. The monoisotopic (exact) mass is 1330 g/mol. The van der Waals surface area contributed by atoms with E-state index >= 15 is 0 Å². The van der Waals surface area contributed by atoms with E-state index in [1.807, 2.05) is 0 Å². The van der Waals surface area contributed by atoms with Gasteiger partial charge in [0, 0.05) is 75.7 Å². The Morgan fingerprint density at radius 2 is 0.868 bits per heavy atom. The van der Waals surface area contributed by atoms with Gasteiger partial charge < -0.3 is 34.7 Å². The van der Waals surface area contributed by atoms with Crippen LogP contribution in [0.3, 0.4) is 0 Å². The maximum atomic E-state index is 7.32. The van der Waals surface area contributed by atoms with Gasteiger partial charge in [0.05, 0.1) is 13.2 Å². The van der Waals surface area contributed by atoms with Gasteiger partial charge in [0.15, 0.2) is 12.6 Å². The van der Waals surface area contributed by atoms with Crippen molar-refractivity contribution in [3.63, 3.8) is 0 Å². The zero-order chi connectivity index (χ0) is 65.3. The van der Waals surface area contributed by atoms with Crippen LogP contribution in [0.15, 0.2) is 121 Å². The van der Waals surface area contributed by atoms with E-state index in [1.54, 1.807) is 0 Å². The molecular weight excluding hydrogens is 1210 g/mol. The van der Waals surface area contributed by atoms with Gasteiger partial charge in [-0.3, -0.25) is 0 Å². The molecule has 0 N–H and O–H groups in total. The molecule has 6 rings (SSSR count). The van der Waals surface area contributed by atoms with Crippen molar-refractivity contribution in [2.45, 2.75) is 277 Å². The van der Waals surface area contributed by atoms with Crippen LogP contribution in [-0.4, -0.2) is 73.2 Å². The summed E-state index contributed by atoms with van der Waals surface area (Å²) in [4.78, 5) is 0. The van der Waals surface area contributed by atoms with Crippen molar-refractivity contribution in [3.05, 3.63) is 128 Å². The van der Waals surface area contributed by atoms with Crippen LogP contribution < -0.4 is 39.6 Å². The Hall–Kier alpha value is -3.61. The van der Waals surface area contributed by atoms with Gasteiger partial charge >= 0.3 is 18.9 Å². The molecule has 2 saturated heterocycles. The molecule has 0 spiro atoms. The summed E-state index contributed by atoms with van der Waals surface area (Å²) in [6, 6.07) is 43.5. The Bertz CT molecular complexity index is 2530. The van der Waals surface area contributed by atoms with Crippen molar-refractivity contribution in [2.24, 2.45) is 0 Å². The first-order valence-electron chi connectivity index (χ1n) is 34.9. The van der Waals surface area contributed by atoms with Crippen molar-refractivity contribution in [2.75, 3.05) is 31.8 Å². The van der Waals surface area contributed by atoms with Crippen LogP contribution in [0.1, 0.15) is 242 Å².